The van der Waals surface area contributed by atoms with Crippen molar-refractivity contribution in [3.63, 3.8) is 0 Å². The summed E-state index contributed by atoms with van der Waals surface area (Å²) in [6.07, 6.45) is 5.11. The smallest absolute Gasteiger partial charge is 0.246 e. The van der Waals surface area contributed by atoms with Crippen molar-refractivity contribution in [1.82, 2.24) is 14.8 Å². The molecule has 1 aliphatic rings. The summed E-state index contributed by atoms with van der Waals surface area (Å²) in [6, 6.07) is 14.3. The number of nitrogens with two attached hydrogens (primary N) is 1. The van der Waals surface area contributed by atoms with E-state index in [9.17, 15) is 9.18 Å². The number of aromatic nitrogens is 1. The van der Waals surface area contributed by atoms with Crippen LogP contribution in [-0.4, -0.2) is 46.4 Å². The molecule has 1 aromatic heterocycles. The molecule has 0 unspecified atom stereocenters. The minimum atomic E-state index is -0.224. The van der Waals surface area contributed by atoms with Crippen LogP contribution in [-0.2, 0) is 11.3 Å². The van der Waals surface area contributed by atoms with Crippen LogP contribution in [0.1, 0.15) is 18.1 Å². The molecule has 5 nitrogen and oxygen atoms in total. The molecule has 0 spiro atoms. The highest BCUT2D eigenvalue weighted by molar-refractivity contribution is 5.94. The summed E-state index contributed by atoms with van der Waals surface area (Å²) in [5, 5.41) is 0.988. The Hall–Kier alpha value is -3.25. The van der Waals surface area contributed by atoms with E-state index in [1.165, 1.54) is 12.1 Å². The molecule has 1 saturated heterocycles. The van der Waals surface area contributed by atoms with Crippen LogP contribution >= 0.6 is 0 Å². The average molecular weight is 404 g/mol. The normalized spacial score (nSPS) is 17.7. The zero-order valence-corrected chi connectivity index (χ0v) is 17.0. The molecule has 1 fully saturated rings. The number of carbonyl (C=O) groups is 1. The van der Waals surface area contributed by atoms with Crippen molar-refractivity contribution in [3.8, 4) is 0 Å². The van der Waals surface area contributed by atoms with Crippen molar-refractivity contribution in [2.45, 2.75) is 19.5 Å². The molecule has 0 aliphatic carbocycles. The summed E-state index contributed by atoms with van der Waals surface area (Å²) in [4.78, 5) is 21.3. The van der Waals surface area contributed by atoms with Crippen LogP contribution in [0.5, 0.6) is 0 Å². The predicted molar refractivity (Wildman–Crippen MR) is 118 cm³/mol. The molecular weight excluding hydrogens is 379 g/mol. The SMILES string of the molecule is C[C@@H]1CN(Cc2ccc(F)cc2)CCN1C(=O)C=Cc1cc2cccnc2cc1N. The number of amides is 1. The van der Waals surface area contributed by atoms with Gasteiger partial charge >= 0.3 is 0 Å². The maximum absolute atomic E-state index is 13.1. The Morgan fingerprint density at radius 2 is 2.03 bits per heavy atom. The monoisotopic (exact) mass is 404 g/mol. The predicted octanol–water partition coefficient (Wildman–Crippen LogP) is 3.70. The Morgan fingerprint density at radius 3 is 2.80 bits per heavy atom. The zero-order valence-electron chi connectivity index (χ0n) is 17.0. The van der Waals surface area contributed by atoms with E-state index in [1.807, 2.05) is 41.3 Å². The van der Waals surface area contributed by atoms with Gasteiger partial charge in [-0.05, 0) is 54.5 Å². The number of fused-ring (bicyclic) bond motifs is 1. The van der Waals surface area contributed by atoms with Gasteiger partial charge in [0.2, 0.25) is 5.91 Å². The first kappa shape index (κ1) is 20.0. The number of carbonyl (C=O) groups excluding carboxylic acids is 1. The first-order valence-electron chi connectivity index (χ1n) is 10.1. The van der Waals surface area contributed by atoms with E-state index in [0.717, 1.165) is 41.7 Å². The summed E-state index contributed by atoms with van der Waals surface area (Å²) in [5.74, 6) is -0.243. The second kappa shape index (κ2) is 8.63. The molecule has 1 atom stereocenters. The molecule has 6 heteroatoms. The van der Waals surface area contributed by atoms with Gasteiger partial charge in [0.1, 0.15) is 5.82 Å². The van der Waals surface area contributed by atoms with Crippen molar-refractivity contribution in [3.05, 3.63) is 77.7 Å². The third kappa shape index (κ3) is 4.49. The number of halogens is 1. The van der Waals surface area contributed by atoms with Crippen molar-refractivity contribution >= 4 is 28.6 Å². The molecule has 3 aromatic rings. The number of hydrogen-bond donors (Lipinski definition) is 1. The van der Waals surface area contributed by atoms with Crippen molar-refractivity contribution in [2.75, 3.05) is 25.4 Å². The highest BCUT2D eigenvalue weighted by Gasteiger charge is 2.26. The third-order valence-electron chi connectivity index (χ3n) is 5.53. The number of nitrogen functional groups attached to an aromatic ring is 1. The Balaban J connectivity index is 1.39. The van der Waals surface area contributed by atoms with Gasteiger partial charge in [0.15, 0.2) is 0 Å². The van der Waals surface area contributed by atoms with E-state index in [-0.39, 0.29) is 17.8 Å². The molecular formula is C24H25FN4O. The second-order valence-corrected chi connectivity index (χ2v) is 7.75. The molecule has 2 N–H and O–H groups in total. The van der Waals surface area contributed by atoms with Crippen LogP contribution in [0, 0.1) is 5.82 Å². The zero-order chi connectivity index (χ0) is 21.1. The largest absolute Gasteiger partial charge is 0.398 e. The molecule has 30 heavy (non-hydrogen) atoms. The van der Waals surface area contributed by atoms with Gasteiger partial charge in [0, 0.05) is 55.6 Å². The molecule has 1 aliphatic heterocycles. The van der Waals surface area contributed by atoms with Crippen LogP contribution in [0.4, 0.5) is 10.1 Å². The molecule has 1 amide bonds. The van der Waals surface area contributed by atoms with E-state index in [4.69, 9.17) is 5.73 Å². The lowest BCUT2D eigenvalue weighted by atomic mass is 10.1. The molecule has 0 saturated carbocycles. The van der Waals surface area contributed by atoms with E-state index < -0.39 is 0 Å². The number of pyridine rings is 1. The van der Waals surface area contributed by atoms with Crippen molar-refractivity contribution in [1.29, 1.82) is 0 Å². The van der Waals surface area contributed by atoms with E-state index >= 15 is 0 Å². The molecule has 0 bridgehead atoms. The molecule has 0 radical (unpaired) electrons. The second-order valence-electron chi connectivity index (χ2n) is 7.75. The minimum absolute atomic E-state index is 0.0189. The average Bonchev–Trinajstić information content (AvgIpc) is 2.74. The highest BCUT2D eigenvalue weighted by Crippen LogP contribution is 2.22. The van der Waals surface area contributed by atoms with Crippen molar-refractivity contribution in [2.24, 2.45) is 0 Å². The number of piperazine rings is 1. The van der Waals surface area contributed by atoms with Gasteiger partial charge in [0.05, 0.1) is 5.52 Å². The fraction of sp³-hybridized carbons (Fsp3) is 0.250. The fourth-order valence-corrected chi connectivity index (χ4v) is 3.91. The first-order valence-corrected chi connectivity index (χ1v) is 10.1. The Kier molecular flexibility index (Phi) is 5.77. The molecule has 4 rings (SSSR count). The van der Waals surface area contributed by atoms with Gasteiger partial charge in [0.25, 0.3) is 0 Å². The van der Waals surface area contributed by atoms with Crippen LogP contribution < -0.4 is 5.73 Å². The lowest BCUT2D eigenvalue weighted by Crippen LogP contribution is -2.53. The van der Waals surface area contributed by atoms with Gasteiger partial charge in [-0.15, -0.1) is 0 Å². The summed E-state index contributed by atoms with van der Waals surface area (Å²) >= 11 is 0. The third-order valence-corrected chi connectivity index (χ3v) is 5.53. The summed E-state index contributed by atoms with van der Waals surface area (Å²) < 4.78 is 13.1. The summed E-state index contributed by atoms with van der Waals surface area (Å²) in [5.41, 5.74) is 9.46. The van der Waals surface area contributed by atoms with E-state index in [1.54, 1.807) is 18.3 Å². The Labute approximate surface area is 175 Å². The van der Waals surface area contributed by atoms with E-state index in [0.29, 0.717) is 12.2 Å². The Morgan fingerprint density at radius 1 is 1.23 bits per heavy atom. The highest BCUT2D eigenvalue weighted by atomic mass is 19.1. The lowest BCUT2D eigenvalue weighted by molar-refractivity contribution is -0.130. The minimum Gasteiger partial charge on any atom is -0.398 e. The van der Waals surface area contributed by atoms with Gasteiger partial charge in [-0.25, -0.2) is 4.39 Å². The maximum Gasteiger partial charge on any atom is 0.246 e. The lowest BCUT2D eigenvalue weighted by Gasteiger charge is -2.39. The standard InChI is InChI=1S/C24H25FN4O/c1-17-15-28(16-18-4-7-21(25)8-5-18)11-12-29(17)24(30)9-6-19-13-20-3-2-10-27-23(20)14-22(19)26/h2-10,13-14,17H,11-12,15-16,26H2,1H3/t17-/m1/s1. The van der Waals surface area contributed by atoms with Crippen LogP contribution in [0.25, 0.3) is 17.0 Å². The molecule has 2 heterocycles. The van der Waals surface area contributed by atoms with Crippen molar-refractivity contribution < 1.29 is 9.18 Å². The first-order chi connectivity index (χ1) is 14.5. The van der Waals surface area contributed by atoms with Crippen LogP contribution in [0.2, 0.25) is 0 Å². The van der Waals surface area contributed by atoms with Gasteiger partial charge in [-0.1, -0.05) is 18.2 Å². The topological polar surface area (TPSA) is 62.5 Å². The Bertz CT molecular complexity index is 1080. The van der Waals surface area contributed by atoms with Gasteiger partial charge < -0.3 is 10.6 Å². The molecule has 2 aromatic carbocycles. The summed E-state index contributed by atoms with van der Waals surface area (Å²) in [7, 11) is 0. The molecule has 154 valence electrons. The van der Waals surface area contributed by atoms with E-state index in [2.05, 4.69) is 16.8 Å². The van der Waals surface area contributed by atoms with Gasteiger partial charge in [-0.3, -0.25) is 14.7 Å². The maximum atomic E-state index is 13.1. The van der Waals surface area contributed by atoms with Crippen LogP contribution in [0.3, 0.4) is 0 Å². The summed E-state index contributed by atoms with van der Waals surface area (Å²) in [6.45, 7) is 5.03. The number of anilines is 1. The number of nitrogens with zero attached hydrogens (tertiary/aromatic N) is 3. The number of hydrogen-bond acceptors (Lipinski definition) is 4. The van der Waals surface area contributed by atoms with Crippen LogP contribution in [0.15, 0.2) is 60.8 Å². The number of benzene rings is 2. The van der Waals surface area contributed by atoms with Gasteiger partial charge in [-0.2, -0.15) is 0 Å². The quantitative estimate of drug-likeness (QED) is 0.532. The fourth-order valence-electron chi connectivity index (χ4n) is 3.91. The number of rotatable bonds is 4.